The number of methoxy groups -OCH3 is 1. The largest absolute Gasteiger partial charge is 0.453 e. The molecule has 11 heteroatoms. The normalized spacial score (nSPS) is 21.2. The molecule has 1 unspecified atom stereocenters. The van der Waals surface area contributed by atoms with Crippen molar-refractivity contribution in [1.82, 2.24) is 35.5 Å². The van der Waals surface area contributed by atoms with Crippen molar-refractivity contribution in [1.29, 1.82) is 0 Å². The van der Waals surface area contributed by atoms with Gasteiger partial charge >= 0.3 is 6.09 Å². The van der Waals surface area contributed by atoms with Gasteiger partial charge in [-0.15, -0.1) is 0 Å². The van der Waals surface area contributed by atoms with Crippen LogP contribution in [0.3, 0.4) is 0 Å². The van der Waals surface area contributed by atoms with Gasteiger partial charge in [0, 0.05) is 18.5 Å². The van der Waals surface area contributed by atoms with E-state index in [1.54, 1.807) is 0 Å². The number of imidazole rings is 2. The van der Waals surface area contributed by atoms with Crippen molar-refractivity contribution in [2.24, 2.45) is 11.3 Å². The number of hydrogen-bond acceptors (Lipinski definition) is 6. The monoisotopic (exact) mass is 682 g/mol. The van der Waals surface area contributed by atoms with Gasteiger partial charge in [0.2, 0.25) is 11.9 Å². The standard InChI is InChI=1S/C40H42N8O3/c1-23(2)35(47-39(50)51-4)38(49)48-22-40(13-14-40)18-34(48)37-44-21-33(46-37)29-12-11-27-15-26(9-10-28(27)16-29)24-5-7-25(8-6-24)32-20-43-36(45-32)31-17-30(41-3)19-42-31/h5-12,15-16,20-21,23,30-31,34-35,42H,13-14,17-19,22H2,1-2,4H3,(H,43,45)(H,44,46)(H,47,50)/t30?,31-,34-,35-/m0/s1. The average molecular weight is 683 g/mol. The van der Waals surface area contributed by atoms with Gasteiger partial charge in [-0.1, -0.05) is 62.4 Å². The summed E-state index contributed by atoms with van der Waals surface area (Å²) in [6.07, 6.45) is 6.97. The highest BCUT2D eigenvalue weighted by Gasteiger charge is 2.55. The summed E-state index contributed by atoms with van der Waals surface area (Å²) in [6.45, 7) is 12.5. The molecule has 1 saturated carbocycles. The lowest BCUT2D eigenvalue weighted by Crippen LogP contribution is -2.51. The minimum absolute atomic E-state index is 0.0130. The van der Waals surface area contributed by atoms with Crippen molar-refractivity contribution in [3.05, 3.63) is 96.1 Å². The van der Waals surface area contributed by atoms with Gasteiger partial charge in [-0.05, 0) is 70.2 Å². The van der Waals surface area contributed by atoms with Crippen molar-refractivity contribution in [2.75, 3.05) is 20.2 Å². The summed E-state index contributed by atoms with van der Waals surface area (Å²) < 4.78 is 4.81. The Morgan fingerprint density at radius 3 is 2.22 bits per heavy atom. The molecular formula is C40H42N8O3. The number of aromatic amines is 2. The van der Waals surface area contributed by atoms with Gasteiger partial charge in [-0.2, -0.15) is 0 Å². The summed E-state index contributed by atoms with van der Waals surface area (Å²) in [5.74, 6) is 1.47. The van der Waals surface area contributed by atoms with Crippen molar-refractivity contribution >= 4 is 22.8 Å². The number of aromatic nitrogens is 4. The first-order chi connectivity index (χ1) is 24.7. The lowest BCUT2D eigenvalue weighted by atomic mass is 9.98. The lowest BCUT2D eigenvalue weighted by Gasteiger charge is -2.30. The fourth-order valence-electron chi connectivity index (χ4n) is 7.72. The Morgan fingerprint density at radius 1 is 0.922 bits per heavy atom. The molecule has 0 radical (unpaired) electrons. The summed E-state index contributed by atoms with van der Waals surface area (Å²) >= 11 is 0. The number of fused-ring (bicyclic) bond motifs is 1. The van der Waals surface area contributed by atoms with Crippen LogP contribution in [0.4, 0.5) is 4.79 Å². The number of nitrogens with one attached hydrogen (secondary N) is 4. The highest BCUT2D eigenvalue weighted by atomic mass is 16.5. The van der Waals surface area contributed by atoms with Crippen LogP contribution in [0.25, 0.3) is 49.3 Å². The average Bonchev–Trinajstić information content (AvgIpc) is 3.68. The van der Waals surface area contributed by atoms with E-state index in [1.165, 1.54) is 7.11 Å². The van der Waals surface area contributed by atoms with Crippen molar-refractivity contribution in [3.8, 4) is 33.6 Å². The molecule has 1 aliphatic carbocycles. The van der Waals surface area contributed by atoms with Crippen LogP contribution in [0.15, 0.2) is 73.1 Å². The summed E-state index contributed by atoms with van der Waals surface area (Å²) in [5.41, 5.74) is 6.37. The highest BCUT2D eigenvalue weighted by molar-refractivity contribution is 5.91. The van der Waals surface area contributed by atoms with Crippen molar-refractivity contribution < 1.29 is 14.3 Å². The smallest absolute Gasteiger partial charge is 0.407 e. The van der Waals surface area contributed by atoms with E-state index in [0.29, 0.717) is 13.1 Å². The van der Waals surface area contributed by atoms with E-state index in [-0.39, 0.29) is 35.4 Å². The van der Waals surface area contributed by atoms with Gasteiger partial charge in [-0.3, -0.25) is 10.1 Å². The van der Waals surface area contributed by atoms with Crippen LogP contribution in [0.2, 0.25) is 0 Å². The molecule has 51 heavy (non-hydrogen) atoms. The fourth-order valence-corrected chi connectivity index (χ4v) is 7.72. The number of rotatable bonds is 8. The minimum atomic E-state index is -0.670. The number of benzene rings is 3. The SMILES string of the molecule is [C-]#[N+]C1CN[C@H](c2ncc(-c3ccc(-c4ccc5cc(-c6cnc([C@@H]7CC8(CC8)CN7C(=O)[C@@H](NC(=O)OC)C(C)C)[nH]6)ccc5c4)cc3)[nH]2)C1. The topological polar surface area (TPSA) is 132 Å². The van der Waals surface area contributed by atoms with Gasteiger partial charge < -0.3 is 29.8 Å². The van der Waals surface area contributed by atoms with Crippen LogP contribution in [0, 0.1) is 17.9 Å². The maximum absolute atomic E-state index is 13.8. The fraction of sp³-hybridized carbons (Fsp3) is 0.375. The third-order valence-corrected chi connectivity index (χ3v) is 10.9. The third kappa shape index (κ3) is 6.36. The second kappa shape index (κ2) is 13.0. The Bertz CT molecular complexity index is 2140. The summed E-state index contributed by atoms with van der Waals surface area (Å²) in [6, 6.07) is 20.7. The van der Waals surface area contributed by atoms with E-state index in [0.717, 1.165) is 81.7 Å². The molecule has 260 valence electrons. The van der Waals surface area contributed by atoms with Gasteiger partial charge in [0.05, 0.1) is 49.5 Å². The molecule has 4 atom stereocenters. The van der Waals surface area contributed by atoms with Crippen LogP contribution < -0.4 is 10.6 Å². The first-order valence-electron chi connectivity index (χ1n) is 17.7. The zero-order chi connectivity index (χ0) is 35.3. The molecule has 4 heterocycles. The molecule has 8 rings (SSSR count). The predicted octanol–water partition coefficient (Wildman–Crippen LogP) is 7.04. The maximum Gasteiger partial charge on any atom is 0.407 e. The van der Waals surface area contributed by atoms with E-state index < -0.39 is 12.1 Å². The van der Waals surface area contributed by atoms with Crippen LogP contribution in [-0.4, -0.2) is 69.1 Å². The quantitative estimate of drug-likeness (QED) is 0.130. The number of H-pyrrole nitrogens is 2. The Morgan fingerprint density at radius 2 is 1.55 bits per heavy atom. The van der Waals surface area contributed by atoms with E-state index in [2.05, 4.69) is 91.1 Å². The van der Waals surface area contributed by atoms with E-state index >= 15 is 0 Å². The van der Waals surface area contributed by atoms with Crippen molar-refractivity contribution in [2.45, 2.75) is 63.7 Å². The van der Waals surface area contributed by atoms with Crippen LogP contribution in [0.5, 0.6) is 0 Å². The zero-order valence-corrected chi connectivity index (χ0v) is 29.1. The molecule has 2 amide bonds. The summed E-state index contributed by atoms with van der Waals surface area (Å²) in [4.78, 5) is 47.9. The second-order valence-electron chi connectivity index (χ2n) is 14.7. The molecular weight excluding hydrogens is 640 g/mol. The molecule has 3 aromatic carbocycles. The van der Waals surface area contributed by atoms with E-state index in [1.807, 2.05) is 31.1 Å². The first-order valence-corrected chi connectivity index (χ1v) is 17.7. The molecule has 2 aliphatic heterocycles. The zero-order valence-electron chi connectivity index (χ0n) is 29.1. The Hall–Kier alpha value is -5.47. The van der Waals surface area contributed by atoms with Crippen LogP contribution >= 0.6 is 0 Å². The Kier molecular flexibility index (Phi) is 8.35. The molecule has 4 N–H and O–H groups in total. The van der Waals surface area contributed by atoms with Crippen molar-refractivity contribution in [3.63, 3.8) is 0 Å². The van der Waals surface area contributed by atoms with E-state index in [9.17, 15) is 9.59 Å². The van der Waals surface area contributed by atoms with Gasteiger partial charge in [0.1, 0.15) is 17.7 Å². The molecule has 0 bridgehead atoms. The molecule has 3 fully saturated rings. The molecule has 5 aromatic rings. The van der Waals surface area contributed by atoms with Gasteiger partial charge in [0.15, 0.2) is 0 Å². The molecule has 3 aliphatic rings. The number of carbonyl (C=O) groups is 2. The number of amides is 2. The second-order valence-corrected chi connectivity index (χ2v) is 14.7. The number of carbonyl (C=O) groups excluding carboxylic acids is 2. The highest BCUT2D eigenvalue weighted by Crippen LogP contribution is 2.58. The molecule has 1 spiro atoms. The first kappa shape index (κ1) is 32.7. The summed E-state index contributed by atoms with van der Waals surface area (Å²) in [5, 5.41) is 8.41. The third-order valence-electron chi connectivity index (χ3n) is 10.9. The minimum Gasteiger partial charge on any atom is -0.453 e. The molecule has 2 aromatic heterocycles. The number of alkyl carbamates (subject to hydrolysis) is 1. The number of likely N-dealkylation sites (tertiary alicyclic amines) is 1. The number of nitrogens with zero attached hydrogens (tertiary/aromatic N) is 4. The summed E-state index contributed by atoms with van der Waals surface area (Å²) in [7, 11) is 1.31. The predicted molar refractivity (Wildman–Crippen MR) is 195 cm³/mol. The lowest BCUT2D eigenvalue weighted by molar-refractivity contribution is -0.135. The number of hydrogen-bond donors (Lipinski definition) is 4. The maximum atomic E-state index is 13.8. The van der Waals surface area contributed by atoms with E-state index in [4.69, 9.17) is 16.3 Å². The van der Waals surface area contributed by atoms with Crippen LogP contribution in [-0.2, 0) is 9.53 Å². The van der Waals surface area contributed by atoms with Crippen LogP contribution in [0.1, 0.15) is 63.3 Å². The Labute approximate surface area is 297 Å². The van der Waals surface area contributed by atoms with Gasteiger partial charge in [-0.25, -0.2) is 21.3 Å². The Balaban J connectivity index is 0.980. The molecule has 11 nitrogen and oxygen atoms in total. The molecule has 2 saturated heterocycles. The van der Waals surface area contributed by atoms with Gasteiger partial charge in [0.25, 0.3) is 0 Å². The number of ether oxygens (including phenoxy) is 1.